The van der Waals surface area contributed by atoms with E-state index in [1.165, 1.54) is 12.1 Å². The van der Waals surface area contributed by atoms with Crippen LogP contribution in [-0.2, 0) is 20.1 Å². The van der Waals surface area contributed by atoms with E-state index in [9.17, 15) is 10.1 Å². The molecule has 1 radical (unpaired) electrons. The Kier molecular flexibility index (Phi) is 6.20. The number of halogens is 1. The summed E-state index contributed by atoms with van der Waals surface area (Å²) in [6.45, 7) is 1.88. The molecule has 2 aromatic rings. The molecule has 0 saturated carbocycles. The molecule has 0 N–H and O–H groups in total. The van der Waals surface area contributed by atoms with Crippen LogP contribution in [0.5, 0.6) is 0 Å². The van der Waals surface area contributed by atoms with Gasteiger partial charge in [-0.1, -0.05) is 15.9 Å². The molecule has 0 amide bonds. The van der Waals surface area contributed by atoms with E-state index in [4.69, 9.17) is 0 Å². The van der Waals surface area contributed by atoms with Crippen LogP contribution < -0.4 is 0 Å². The molecule has 0 bridgehead atoms. The van der Waals surface area contributed by atoms with E-state index in [-0.39, 0.29) is 25.8 Å². The Morgan fingerprint density at radius 1 is 1.10 bits per heavy atom. The van der Waals surface area contributed by atoms with Gasteiger partial charge in [0.05, 0.1) is 10.6 Å². The second kappa shape index (κ2) is 7.43. The van der Waals surface area contributed by atoms with Gasteiger partial charge in [0, 0.05) is 42.4 Å². The third kappa shape index (κ3) is 4.34. The van der Waals surface area contributed by atoms with Gasteiger partial charge in [-0.25, -0.2) is 0 Å². The summed E-state index contributed by atoms with van der Waals surface area (Å²) >= 11 is 3.37. The van der Waals surface area contributed by atoms with Crippen molar-refractivity contribution in [3.63, 3.8) is 0 Å². The van der Waals surface area contributed by atoms with Crippen LogP contribution in [0.25, 0.3) is 0 Å². The Hall–Kier alpha value is -1.36. The molecule has 105 valence electrons. The minimum Gasteiger partial charge on any atom is -0.258 e. The first-order valence-corrected chi connectivity index (χ1v) is 6.41. The smallest absolute Gasteiger partial charge is 0.258 e. The van der Waals surface area contributed by atoms with Gasteiger partial charge in [-0.3, -0.25) is 15.1 Å². The number of benzene rings is 2. The molecule has 0 heterocycles. The van der Waals surface area contributed by atoms with Crippen molar-refractivity contribution in [1.82, 2.24) is 0 Å². The van der Waals surface area contributed by atoms with Gasteiger partial charge in [0.1, 0.15) is 0 Å². The Bertz CT molecular complexity index is 625. The molecule has 0 aliphatic heterocycles. The van der Waals surface area contributed by atoms with Gasteiger partial charge in [-0.05, 0) is 48.9 Å². The van der Waals surface area contributed by atoms with Gasteiger partial charge in [-0.2, -0.15) is 0 Å². The zero-order valence-corrected chi connectivity index (χ0v) is 14.5. The molecule has 0 aliphatic carbocycles. The first-order chi connectivity index (χ1) is 9.06. The third-order valence-corrected chi connectivity index (χ3v) is 3.15. The zero-order chi connectivity index (χ0) is 13.8. The minimum absolute atomic E-state index is 0. The van der Waals surface area contributed by atoms with Crippen molar-refractivity contribution in [2.75, 3.05) is 0 Å². The maximum atomic E-state index is 10.6. The number of rotatable bonds is 3. The SMILES string of the molecule is CC(=Nc1ccc(Br)cc1)c1ccc([N+](=O)[O-])cc1.[Ir]. The van der Waals surface area contributed by atoms with Crippen LogP contribution in [0.15, 0.2) is 58.0 Å². The average Bonchev–Trinajstić information content (AvgIpc) is 2.41. The van der Waals surface area contributed by atoms with Crippen LogP contribution in [0.3, 0.4) is 0 Å². The average molecular weight is 511 g/mol. The van der Waals surface area contributed by atoms with Crippen LogP contribution in [0.2, 0.25) is 0 Å². The predicted octanol–water partition coefficient (Wildman–Crippen LogP) is 4.50. The van der Waals surface area contributed by atoms with E-state index < -0.39 is 4.92 Å². The molecule has 4 nitrogen and oxygen atoms in total. The van der Waals surface area contributed by atoms with E-state index in [1.54, 1.807) is 12.1 Å². The van der Waals surface area contributed by atoms with Crippen molar-refractivity contribution < 1.29 is 25.0 Å². The summed E-state index contributed by atoms with van der Waals surface area (Å²) in [7, 11) is 0. The molecule has 2 rings (SSSR count). The molecule has 20 heavy (non-hydrogen) atoms. The molecular formula is C14H11BrIrN2O2. The number of hydrogen-bond acceptors (Lipinski definition) is 3. The van der Waals surface area contributed by atoms with Gasteiger partial charge >= 0.3 is 0 Å². The molecule has 0 saturated heterocycles. The number of hydrogen-bond donors (Lipinski definition) is 0. The Morgan fingerprint density at radius 3 is 2.15 bits per heavy atom. The van der Waals surface area contributed by atoms with Gasteiger partial charge in [0.15, 0.2) is 0 Å². The number of nitrogens with zero attached hydrogens (tertiary/aromatic N) is 2. The molecular weight excluding hydrogens is 500 g/mol. The van der Waals surface area contributed by atoms with Crippen molar-refractivity contribution in [1.29, 1.82) is 0 Å². The van der Waals surface area contributed by atoms with Crippen LogP contribution in [0.1, 0.15) is 12.5 Å². The number of nitro benzene ring substituents is 1. The maximum absolute atomic E-state index is 10.6. The monoisotopic (exact) mass is 511 g/mol. The largest absolute Gasteiger partial charge is 0.269 e. The fraction of sp³-hybridized carbons (Fsp3) is 0.0714. The summed E-state index contributed by atoms with van der Waals surface area (Å²) in [4.78, 5) is 14.6. The van der Waals surface area contributed by atoms with E-state index in [1.807, 2.05) is 31.2 Å². The topological polar surface area (TPSA) is 55.5 Å². The maximum Gasteiger partial charge on any atom is 0.269 e. The summed E-state index contributed by atoms with van der Waals surface area (Å²) < 4.78 is 0.999. The minimum atomic E-state index is -0.412. The van der Waals surface area contributed by atoms with Crippen LogP contribution in [0, 0.1) is 10.1 Å². The number of nitro groups is 1. The fourth-order valence-electron chi connectivity index (χ4n) is 1.60. The van der Waals surface area contributed by atoms with Gasteiger partial charge in [0.25, 0.3) is 5.69 Å². The Balaban J connectivity index is 0.00000200. The molecule has 0 aliphatic rings. The van der Waals surface area contributed by atoms with Crippen molar-refractivity contribution >= 4 is 33.0 Å². The summed E-state index contributed by atoms with van der Waals surface area (Å²) in [5.74, 6) is 0. The standard InChI is InChI=1S/C14H11BrN2O2.Ir/c1-10(16-13-6-4-12(15)5-7-13)11-2-8-14(9-3-11)17(18)19;/h2-9H,1H3;. The van der Waals surface area contributed by atoms with Crippen LogP contribution in [-0.4, -0.2) is 10.6 Å². The first-order valence-electron chi connectivity index (χ1n) is 5.62. The fourth-order valence-corrected chi connectivity index (χ4v) is 1.86. The molecule has 0 spiro atoms. The van der Waals surface area contributed by atoms with Crippen molar-refractivity contribution in [2.45, 2.75) is 6.92 Å². The summed E-state index contributed by atoms with van der Waals surface area (Å²) in [6.07, 6.45) is 0. The van der Waals surface area contributed by atoms with E-state index in [0.717, 1.165) is 21.4 Å². The van der Waals surface area contributed by atoms with Crippen LogP contribution >= 0.6 is 15.9 Å². The normalized spacial score (nSPS) is 10.8. The van der Waals surface area contributed by atoms with Gasteiger partial charge < -0.3 is 0 Å². The third-order valence-electron chi connectivity index (χ3n) is 2.62. The molecule has 0 aromatic heterocycles. The summed E-state index contributed by atoms with van der Waals surface area (Å²) in [5, 5.41) is 10.6. The molecule has 2 aromatic carbocycles. The number of aliphatic imine (C=N–C) groups is 1. The van der Waals surface area contributed by atoms with Gasteiger partial charge in [0.2, 0.25) is 0 Å². The quantitative estimate of drug-likeness (QED) is 0.347. The van der Waals surface area contributed by atoms with Crippen molar-refractivity contribution in [3.8, 4) is 0 Å². The molecule has 0 fully saturated rings. The van der Waals surface area contributed by atoms with Crippen LogP contribution in [0.4, 0.5) is 11.4 Å². The zero-order valence-electron chi connectivity index (χ0n) is 10.5. The molecule has 0 atom stereocenters. The van der Waals surface area contributed by atoms with Gasteiger partial charge in [-0.15, -0.1) is 0 Å². The van der Waals surface area contributed by atoms with E-state index in [0.29, 0.717) is 0 Å². The van der Waals surface area contributed by atoms with E-state index in [2.05, 4.69) is 20.9 Å². The number of non-ortho nitro benzene ring substituents is 1. The van der Waals surface area contributed by atoms with E-state index >= 15 is 0 Å². The predicted molar refractivity (Wildman–Crippen MR) is 79.1 cm³/mol. The second-order valence-corrected chi connectivity index (χ2v) is 4.89. The summed E-state index contributed by atoms with van der Waals surface area (Å²) in [5.41, 5.74) is 2.62. The Morgan fingerprint density at radius 2 is 1.65 bits per heavy atom. The molecule has 0 unspecified atom stereocenters. The Labute approximate surface area is 138 Å². The molecule has 6 heteroatoms. The second-order valence-electron chi connectivity index (χ2n) is 3.98. The van der Waals surface area contributed by atoms with Crippen molar-refractivity contribution in [2.24, 2.45) is 4.99 Å². The first kappa shape index (κ1) is 16.7. The summed E-state index contributed by atoms with van der Waals surface area (Å²) in [6, 6.07) is 14.0. The van der Waals surface area contributed by atoms with Crippen molar-refractivity contribution in [3.05, 3.63) is 68.7 Å².